The molecule has 18 heteroatoms. The van der Waals surface area contributed by atoms with Gasteiger partial charge in [0.05, 0.1) is 19.0 Å². The predicted molar refractivity (Wildman–Crippen MR) is 191 cm³/mol. The molecule has 2 aliphatic heterocycles. The molecule has 268 valence electrons. The van der Waals surface area contributed by atoms with Gasteiger partial charge in [0, 0.05) is 25.4 Å². The Hall–Kier alpha value is -2.26. The number of aromatic nitrogens is 6. The summed E-state index contributed by atoms with van der Waals surface area (Å²) in [5.41, 5.74) is 5.59. The van der Waals surface area contributed by atoms with Crippen molar-refractivity contribution in [2.24, 2.45) is 0 Å². The third-order valence-electron chi connectivity index (χ3n) is 7.73. The molecule has 0 N–H and O–H groups in total. The molecule has 0 spiro atoms. The molecule has 0 saturated carbocycles. The Morgan fingerprint density at radius 2 is 1.15 bits per heavy atom. The number of thiophene rings is 2. The van der Waals surface area contributed by atoms with Crippen LogP contribution in [0.25, 0.3) is 10.0 Å². The normalized spacial score (nSPS) is 12.3. The van der Waals surface area contributed by atoms with Crippen molar-refractivity contribution in [3.05, 3.63) is 132 Å². The number of hydrogen-bond acceptors (Lipinski definition) is 8. The summed E-state index contributed by atoms with van der Waals surface area (Å²) < 4.78 is 70.9. The SMILES string of the molecule is Cc1sc2c(c1Br)COCc1nnc(C)n1-2.Cc1sc2c(c1Cc1ccc(F)cc1)COCc1nnc(C)n1-2.FB(F)F.[CH2-]c1ccc(F)cc1.[K+]. The Labute approximate surface area is 357 Å². The van der Waals surface area contributed by atoms with Crippen LogP contribution in [0.1, 0.15) is 60.9 Å². The van der Waals surface area contributed by atoms with E-state index in [4.69, 9.17) is 9.47 Å². The Morgan fingerprint density at radius 1 is 0.712 bits per heavy atom. The van der Waals surface area contributed by atoms with Crippen molar-refractivity contribution in [2.45, 2.75) is 60.5 Å². The zero-order chi connectivity index (χ0) is 36.8. The minimum absolute atomic E-state index is 0. The van der Waals surface area contributed by atoms with Gasteiger partial charge in [-0.25, -0.2) is 8.78 Å². The average molecular weight is 846 g/mol. The first-order chi connectivity index (χ1) is 24.3. The van der Waals surface area contributed by atoms with Crippen molar-refractivity contribution in [2.75, 3.05) is 0 Å². The maximum Gasteiger partial charge on any atom is 1.00 e. The Bertz CT molecular complexity index is 2070. The van der Waals surface area contributed by atoms with Crippen LogP contribution in [0.3, 0.4) is 0 Å². The molecular weight excluding hydrogens is 813 g/mol. The zero-order valence-electron chi connectivity index (χ0n) is 29.0. The van der Waals surface area contributed by atoms with Crippen LogP contribution in [0.15, 0.2) is 53.0 Å². The Balaban J connectivity index is 0.000000180. The average Bonchev–Trinajstić information content (AvgIpc) is 3.73. The summed E-state index contributed by atoms with van der Waals surface area (Å²) in [7, 11) is -3.67. The van der Waals surface area contributed by atoms with E-state index in [0.717, 1.165) is 50.3 Å². The van der Waals surface area contributed by atoms with Crippen molar-refractivity contribution in [3.63, 3.8) is 0 Å². The van der Waals surface area contributed by atoms with Gasteiger partial charge in [-0.15, -0.1) is 43.1 Å². The number of benzene rings is 2. The van der Waals surface area contributed by atoms with Crippen molar-refractivity contribution in [3.8, 4) is 10.0 Å². The van der Waals surface area contributed by atoms with Crippen LogP contribution in [0.2, 0.25) is 0 Å². The van der Waals surface area contributed by atoms with Crippen molar-refractivity contribution < 1.29 is 82.6 Å². The fourth-order valence-electron chi connectivity index (χ4n) is 5.34. The van der Waals surface area contributed by atoms with E-state index in [9.17, 15) is 21.7 Å². The van der Waals surface area contributed by atoms with Crippen LogP contribution in [-0.2, 0) is 42.3 Å². The predicted octanol–water partition coefficient (Wildman–Crippen LogP) is 6.34. The van der Waals surface area contributed by atoms with Gasteiger partial charge in [-0.2, -0.15) is 24.6 Å². The van der Waals surface area contributed by atoms with Gasteiger partial charge in [0.2, 0.25) is 0 Å². The second kappa shape index (κ2) is 19.4. The molecular formula is C34H32BBrF5KN6O2S2. The van der Waals surface area contributed by atoms with E-state index in [0.29, 0.717) is 26.4 Å². The maximum absolute atomic E-state index is 13.1. The maximum atomic E-state index is 13.1. The van der Waals surface area contributed by atoms with E-state index in [1.807, 2.05) is 26.0 Å². The van der Waals surface area contributed by atoms with Crippen LogP contribution in [0.4, 0.5) is 21.7 Å². The van der Waals surface area contributed by atoms with Gasteiger partial charge in [0.25, 0.3) is 0 Å². The van der Waals surface area contributed by atoms with Crippen LogP contribution in [0, 0.1) is 46.3 Å². The molecule has 2 aromatic carbocycles. The molecule has 0 fully saturated rings. The summed E-state index contributed by atoms with van der Waals surface area (Å²) in [5, 5.41) is 18.9. The minimum atomic E-state index is -3.67. The molecule has 0 atom stereocenters. The van der Waals surface area contributed by atoms with E-state index >= 15 is 0 Å². The van der Waals surface area contributed by atoms with Gasteiger partial charge in [0.15, 0.2) is 11.6 Å². The monoisotopic (exact) mass is 844 g/mol. The van der Waals surface area contributed by atoms with Crippen molar-refractivity contribution >= 4 is 46.1 Å². The van der Waals surface area contributed by atoms with Gasteiger partial charge >= 0.3 is 58.9 Å². The number of hydrogen-bond donors (Lipinski definition) is 0. The largest absolute Gasteiger partial charge is 1.00 e. The second-order valence-corrected chi connectivity index (χ2v) is 14.5. The van der Waals surface area contributed by atoms with Gasteiger partial charge in [-0.05, 0) is 73.3 Å². The summed E-state index contributed by atoms with van der Waals surface area (Å²) in [6.45, 7) is 13.9. The van der Waals surface area contributed by atoms with Gasteiger partial charge in [-0.1, -0.05) is 24.3 Å². The molecule has 0 saturated heterocycles. The second-order valence-electron chi connectivity index (χ2n) is 11.3. The fraction of sp³-hybridized carbons (Fsp3) is 0.265. The van der Waals surface area contributed by atoms with Crippen molar-refractivity contribution in [1.82, 2.24) is 29.5 Å². The van der Waals surface area contributed by atoms with Crippen molar-refractivity contribution in [1.29, 1.82) is 0 Å². The minimum Gasteiger partial charge on any atom is -0.369 e. The molecule has 2 aliphatic rings. The Kier molecular flexibility index (Phi) is 15.8. The molecule has 8 rings (SSSR count). The first kappa shape index (κ1) is 42.5. The molecule has 6 aromatic rings. The van der Waals surface area contributed by atoms with Gasteiger partial charge < -0.3 is 9.47 Å². The van der Waals surface area contributed by atoms with Crippen LogP contribution in [0.5, 0.6) is 0 Å². The molecule has 0 radical (unpaired) electrons. The first-order valence-corrected chi connectivity index (χ1v) is 17.9. The molecule has 8 nitrogen and oxygen atoms in total. The summed E-state index contributed by atoms with van der Waals surface area (Å²) in [4.78, 5) is 2.51. The van der Waals surface area contributed by atoms with Gasteiger partial charge in [0.1, 0.15) is 40.7 Å². The number of aryl methyl sites for hydroxylation is 4. The summed E-state index contributed by atoms with van der Waals surface area (Å²) in [5.74, 6) is 3.10. The standard InChI is InChI=1S/C17H16FN3OS.C10H10BrN3OS.C7H6F.BF3.K/c1-10-14(7-12-3-5-13(18)6-4-12)15-8-22-9-16-20-19-11(2)21(16)17(15)23-10;1-5-9(11)7-3-15-4-8-13-12-6(2)14(8)10(7)16-5;1-6-2-4-7(8)5-3-6;2-1(3)4;/h3-6H,7-9H2,1-2H3;3-4H2,1-2H3;2-5H,1H2;;/q;;-1;;+1. The van der Waals surface area contributed by atoms with E-state index in [-0.39, 0.29) is 63.0 Å². The number of nitrogens with zero attached hydrogens (tertiary/aromatic N) is 6. The molecule has 4 aromatic heterocycles. The summed E-state index contributed by atoms with van der Waals surface area (Å²) >= 11 is 7.10. The smallest absolute Gasteiger partial charge is 0.369 e. The molecule has 0 unspecified atom stereocenters. The van der Waals surface area contributed by atoms with Gasteiger partial charge in [-0.3, -0.25) is 22.1 Å². The summed E-state index contributed by atoms with van der Waals surface area (Å²) in [6.07, 6.45) is 0.776. The van der Waals surface area contributed by atoms with E-state index in [1.54, 1.807) is 34.8 Å². The number of ether oxygens (including phenoxy) is 2. The van der Waals surface area contributed by atoms with Crippen LogP contribution < -0.4 is 51.4 Å². The van der Waals surface area contributed by atoms with E-state index in [1.165, 1.54) is 55.7 Å². The topological polar surface area (TPSA) is 79.9 Å². The fourth-order valence-corrected chi connectivity index (χ4v) is 8.38. The number of fused-ring (bicyclic) bond motifs is 6. The van der Waals surface area contributed by atoms with Crippen LogP contribution in [-0.4, -0.2) is 37.1 Å². The van der Waals surface area contributed by atoms with E-state index < -0.39 is 7.54 Å². The number of rotatable bonds is 2. The number of halogens is 6. The molecule has 0 bridgehead atoms. The summed E-state index contributed by atoms with van der Waals surface area (Å²) in [6, 6.07) is 12.7. The Morgan fingerprint density at radius 3 is 1.65 bits per heavy atom. The third-order valence-corrected chi connectivity index (χ3v) is 11.4. The molecule has 0 aliphatic carbocycles. The van der Waals surface area contributed by atoms with E-state index in [2.05, 4.69) is 66.2 Å². The quantitative estimate of drug-likeness (QED) is 0.115. The van der Waals surface area contributed by atoms with Crippen LogP contribution >= 0.6 is 38.6 Å². The third kappa shape index (κ3) is 10.5. The molecule has 52 heavy (non-hydrogen) atoms. The zero-order valence-corrected chi connectivity index (χ0v) is 35.4. The molecule has 0 amide bonds. The first-order valence-electron chi connectivity index (χ1n) is 15.4. The molecule has 6 heterocycles.